The summed E-state index contributed by atoms with van der Waals surface area (Å²) in [5.74, 6) is -0.645. The van der Waals surface area contributed by atoms with E-state index in [1.165, 1.54) is 7.11 Å². The largest absolute Gasteiger partial charge is 0.496 e. The molecule has 0 aliphatic rings. The molecule has 7 heteroatoms. The quantitative estimate of drug-likeness (QED) is 0.387. The Kier molecular flexibility index (Phi) is 5.23. The molecule has 0 spiro atoms. The number of allylic oxidation sites excluding steroid dienone is 1. The fourth-order valence-corrected chi connectivity index (χ4v) is 1.76. The maximum Gasteiger partial charge on any atom is 0.331 e. The number of carboxylic acid groups (broad SMARTS) is 1. The van der Waals surface area contributed by atoms with Gasteiger partial charge in [-0.25, -0.2) is 4.79 Å². The zero-order valence-electron chi connectivity index (χ0n) is 10.4. The first-order chi connectivity index (χ1) is 9.01. The van der Waals surface area contributed by atoms with Crippen LogP contribution in [0.4, 0.5) is 0 Å². The van der Waals surface area contributed by atoms with Crippen LogP contribution in [0.2, 0.25) is 5.02 Å². The smallest absolute Gasteiger partial charge is 0.331 e. The summed E-state index contributed by atoms with van der Waals surface area (Å²) in [6.07, 6.45) is 0. The number of nitrogens with zero attached hydrogens (tertiary/aromatic N) is 3. The normalized spacial score (nSPS) is 11.3. The van der Waals surface area contributed by atoms with Crippen LogP contribution in [-0.4, -0.2) is 24.7 Å². The molecule has 0 heterocycles. The molecule has 0 aliphatic heterocycles. The van der Waals surface area contributed by atoms with Crippen LogP contribution in [0, 0.1) is 0 Å². The van der Waals surface area contributed by atoms with Crippen molar-refractivity contribution in [1.82, 2.24) is 0 Å². The van der Waals surface area contributed by atoms with E-state index >= 15 is 0 Å². The highest BCUT2D eigenvalue weighted by molar-refractivity contribution is 6.30. The number of benzene rings is 1. The van der Waals surface area contributed by atoms with Gasteiger partial charge in [-0.15, -0.1) is 0 Å². The molecule has 0 aromatic heterocycles. The summed E-state index contributed by atoms with van der Waals surface area (Å²) in [6.45, 7) is 1.37. The predicted octanol–water partition coefficient (Wildman–Crippen LogP) is 3.52. The predicted molar refractivity (Wildman–Crippen MR) is 72.2 cm³/mol. The monoisotopic (exact) mass is 281 g/mol. The first-order valence-electron chi connectivity index (χ1n) is 5.29. The van der Waals surface area contributed by atoms with Gasteiger partial charge in [-0.05, 0) is 36.2 Å². The second-order valence-electron chi connectivity index (χ2n) is 3.64. The number of azide groups is 1. The van der Waals surface area contributed by atoms with Crippen LogP contribution < -0.4 is 4.74 Å². The molecular weight excluding hydrogens is 270 g/mol. The Morgan fingerprint density at radius 1 is 1.58 bits per heavy atom. The van der Waals surface area contributed by atoms with E-state index in [1.54, 1.807) is 25.1 Å². The van der Waals surface area contributed by atoms with Crippen molar-refractivity contribution < 1.29 is 14.6 Å². The van der Waals surface area contributed by atoms with Crippen molar-refractivity contribution >= 4 is 23.1 Å². The maximum absolute atomic E-state index is 11.2. The molecule has 1 rings (SSSR count). The van der Waals surface area contributed by atoms with Gasteiger partial charge in [0.25, 0.3) is 0 Å². The van der Waals surface area contributed by atoms with Crippen LogP contribution in [0.25, 0.3) is 16.0 Å². The van der Waals surface area contributed by atoms with Gasteiger partial charge in [0.05, 0.1) is 13.7 Å². The van der Waals surface area contributed by atoms with Gasteiger partial charge in [-0.1, -0.05) is 16.7 Å². The molecule has 100 valence electrons. The summed E-state index contributed by atoms with van der Waals surface area (Å²) >= 11 is 5.90. The minimum Gasteiger partial charge on any atom is -0.496 e. The number of halogens is 1. The first-order valence-corrected chi connectivity index (χ1v) is 5.66. The summed E-state index contributed by atoms with van der Waals surface area (Å²) in [4.78, 5) is 13.8. The van der Waals surface area contributed by atoms with Crippen LogP contribution >= 0.6 is 11.6 Å². The number of rotatable bonds is 5. The Morgan fingerprint density at radius 3 is 2.79 bits per heavy atom. The summed E-state index contributed by atoms with van der Waals surface area (Å²) < 4.78 is 5.17. The van der Waals surface area contributed by atoms with Crippen molar-refractivity contribution in [2.24, 2.45) is 5.11 Å². The summed E-state index contributed by atoms with van der Waals surface area (Å²) in [5.41, 5.74) is 9.29. The highest BCUT2D eigenvalue weighted by atomic mass is 35.5. The number of aliphatic carboxylic acids is 1. The van der Waals surface area contributed by atoms with Crippen molar-refractivity contribution in [1.29, 1.82) is 0 Å². The molecule has 0 amide bonds. The van der Waals surface area contributed by atoms with E-state index in [1.807, 2.05) is 0 Å². The van der Waals surface area contributed by atoms with Gasteiger partial charge in [-0.3, -0.25) is 0 Å². The summed E-state index contributed by atoms with van der Waals surface area (Å²) in [7, 11) is 1.48. The van der Waals surface area contributed by atoms with Gasteiger partial charge in [0, 0.05) is 21.1 Å². The zero-order chi connectivity index (χ0) is 14.4. The third-order valence-electron chi connectivity index (χ3n) is 2.57. The molecule has 0 bridgehead atoms. The molecule has 0 radical (unpaired) electrons. The van der Waals surface area contributed by atoms with Crippen LogP contribution in [0.15, 0.2) is 28.9 Å². The van der Waals surface area contributed by atoms with Crippen LogP contribution in [0.3, 0.4) is 0 Å². The maximum atomic E-state index is 11.2. The number of carboxylic acids is 1. The standard InChI is InChI=1S/C12H12ClN3O3/c1-7(10(12(17)18)6-15-16-14)9-5-8(13)3-4-11(9)19-2/h3-5H,6H2,1-2H3,(H,17,18)/b10-7+. The van der Waals surface area contributed by atoms with Crippen LogP contribution in [-0.2, 0) is 4.79 Å². The molecular formula is C12H12ClN3O3. The lowest BCUT2D eigenvalue weighted by molar-refractivity contribution is -0.132. The van der Waals surface area contributed by atoms with Crippen molar-refractivity contribution in [3.05, 3.63) is 44.8 Å². The fourth-order valence-electron chi connectivity index (χ4n) is 1.58. The molecule has 0 aliphatic carbocycles. The average Bonchev–Trinajstić information content (AvgIpc) is 2.38. The van der Waals surface area contributed by atoms with E-state index in [-0.39, 0.29) is 12.1 Å². The molecule has 1 aromatic rings. The van der Waals surface area contributed by atoms with Gasteiger partial charge >= 0.3 is 5.97 Å². The number of hydrogen-bond acceptors (Lipinski definition) is 3. The molecule has 0 saturated heterocycles. The third-order valence-corrected chi connectivity index (χ3v) is 2.80. The molecule has 0 unspecified atom stereocenters. The number of ether oxygens (including phenoxy) is 1. The summed E-state index contributed by atoms with van der Waals surface area (Å²) in [6, 6.07) is 4.90. The minimum absolute atomic E-state index is 0.00151. The second-order valence-corrected chi connectivity index (χ2v) is 4.08. The summed E-state index contributed by atoms with van der Waals surface area (Å²) in [5, 5.41) is 12.9. The third kappa shape index (κ3) is 3.64. The second kappa shape index (κ2) is 6.68. The van der Waals surface area contributed by atoms with E-state index in [9.17, 15) is 4.79 Å². The van der Waals surface area contributed by atoms with Crippen LogP contribution in [0.1, 0.15) is 12.5 Å². The zero-order valence-corrected chi connectivity index (χ0v) is 11.2. The van der Waals surface area contributed by atoms with Gasteiger partial charge < -0.3 is 9.84 Å². The lowest BCUT2D eigenvalue weighted by atomic mass is 10.0. The van der Waals surface area contributed by atoms with Gasteiger partial charge in [-0.2, -0.15) is 0 Å². The van der Waals surface area contributed by atoms with E-state index in [0.717, 1.165) is 0 Å². The Bertz CT molecular complexity index is 578. The van der Waals surface area contributed by atoms with Crippen molar-refractivity contribution in [3.63, 3.8) is 0 Å². The fraction of sp³-hybridized carbons (Fsp3) is 0.250. The van der Waals surface area contributed by atoms with Crippen molar-refractivity contribution in [3.8, 4) is 5.75 Å². The molecule has 0 atom stereocenters. The lowest BCUT2D eigenvalue weighted by Crippen LogP contribution is -2.06. The average molecular weight is 282 g/mol. The SMILES string of the molecule is COc1ccc(Cl)cc1/C(C)=C(\CN=[N+]=[N-])C(=O)O. The van der Waals surface area contributed by atoms with E-state index < -0.39 is 5.97 Å². The Balaban J connectivity index is 3.42. The number of hydrogen-bond donors (Lipinski definition) is 1. The van der Waals surface area contributed by atoms with Crippen LogP contribution in [0.5, 0.6) is 5.75 Å². The number of methoxy groups -OCH3 is 1. The molecule has 6 nitrogen and oxygen atoms in total. The molecule has 1 aromatic carbocycles. The first kappa shape index (κ1) is 14.9. The van der Waals surface area contributed by atoms with E-state index in [0.29, 0.717) is 21.9 Å². The minimum atomic E-state index is -1.15. The molecule has 1 N–H and O–H groups in total. The van der Waals surface area contributed by atoms with Crippen molar-refractivity contribution in [2.75, 3.05) is 13.7 Å². The molecule has 0 saturated carbocycles. The van der Waals surface area contributed by atoms with E-state index in [4.69, 9.17) is 27.0 Å². The highest BCUT2D eigenvalue weighted by Gasteiger charge is 2.15. The highest BCUT2D eigenvalue weighted by Crippen LogP contribution is 2.30. The van der Waals surface area contributed by atoms with Gasteiger partial charge in [0.15, 0.2) is 0 Å². The lowest BCUT2D eigenvalue weighted by Gasteiger charge is -2.11. The Labute approximate surface area is 114 Å². The van der Waals surface area contributed by atoms with Gasteiger partial charge in [0.1, 0.15) is 5.75 Å². The van der Waals surface area contributed by atoms with Gasteiger partial charge in [0.2, 0.25) is 0 Å². The molecule has 0 fully saturated rings. The van der Waals surface area contributed by atoms with Crippen molar-refractivity contribution in [2.45, 2.75) is 6.92 Å². The van der Waals surface area contributed by atoms with E-state index in [2.05, 4.69) is 10.0 Å². The topological polar surface area (TPSA) is 95.3 Å². The Morgan fingerprint density at radius 2 is 2.26 bits per heavy atom. The Hall–Kier alpha value is -2.17. The molecule has 19 heavy (non-hydrogen) atoms. The number of carbonyl (C=O) groups is 1.